The van der Waals surface area contributed by atoms with Crippen molar-refractivity contribution in [1.29, 1.82) is 0 Å². The zero-order chi connectivity index (χ0) is 15.5. The largest absolute Gasteiger partial charge is 0.459 e. The first-order valence-electron chi connectivity index (χ1n) is 7.35. The van der Waals surface area contributed by atoms with Crippen LogP contribution in [0.3, 0.4) is 0 Å². The summed E-state index contributed by atoms with van der Waals surface area (Å²) in [5.74, 6) is 0.350. The second-order valence-electron chi connectivity index (χ2n) is 5.41. The molecule has 0 bridgehead atoms. The van der Waals surface area contributed by atoms with Crippen LogP contribution in [0, 0.1) is 6.92 Å². The number of carbonyl (C=O) groups excluding carboxylic acids is 1. The number of aryl methyl sites for hydroxylation is 1. The Morgan fingerprint density at radius 3 is 2.64 bits per heavy atom. The first-order chi connectivity index (χ1) is 10.6. The molecule has 1 aliphatic heterocycles. The molecule has 3 heterocycles. The highest BCUT2D eigenvalue weighted by Crippen LogP contribution is 2.09. The maximum Gasteiger partial charge on any atom is 0.307 e. The number of hydrogen-bond donors (Lipinski definition) is 0. The van der Waals surface area contributed by atoms with Gasteiger partial charge in [0.25, 0.3) is 5.91 Å². The summed E-state index contributed by atoms with van der Waals surface area (Å²) in [6.07, 6.45) is 1.52. The third-order valence-corrected chi connectivity index (χ3v) is 4.89. The van der Waals surface area contributed by atoms with Gasteiger partial charge < -0.3 is 13.9 Å². The monoisotopic (exact) mass is 321 g/mol. The summed E-state index contributed by atoms with van der Waals surface area (Å²) < 4.78 is 6.97. The Labute approximate surface area is 132 Å². The van der Waals surface area contributed by atoms with Gasteiger partial charge in [0.1, 0.15) is 0 Å². The van der Waals surface area contributed by atoms with Crippen molar-refractivity contribution < 1.29 is 9.21 Å². The molecule has 1 aliphatic rings. The standard InChI is InChI=1S/C15H19N3O3S/c1-12-11-22-15(20)18(12)9-6-16-4-7-17(8-5-16)14(19)13-3-2-10-21-13/h2-3,10-11H,4-9H2,1H3. The molecule has 1 fully saturated rings. The molecular weight excluding hydrogens is 302 g/mol. The molecule has 0 N–H and O–H groups in total. The van der Waals surface area contributed by atoms with E-state index in [1.807, 2.05) is 21.8 Å². The summed E-state index contributed by atoms with van der Waals surface area (Å²) in [4.78, 5) is 28.1. The molecule has 118 valence electrons. The van der Waals surface area contributed by atoms with Crippen molar-refractivity contribution in [1.82, 2.24) is 14.4 Å². The van der Waals surface area contributed by atoms with E-state index in [0.29, 0.717) is 25.4 Å². The summed E-state index contributed by atoms with van der Waals surface area (Å²) in [7, 11) is 0. The Morgan fingerprint density at radius 1 is 1.27 bits per heavy atom. The number of nitrogens with zero attached hydrogens (tertiary/aromatic N) is 3. The van der Waals surface area contributed by atoms with Gasteiger partial charge in [-0.1, -0.05) is 11.3 Å². The van der Waals surface area contributed by atoms with Crippen molar-refractivity contribution in [2.45, 2.75) is 13.5 Å². The zero-order valence-electron chi connectivity index (χ0n) is 12.5. The van der Waals surface area contributed by atoms with E-state index >= 15 is 0 Å². The van der Waals surface area contributed by atoms with Crippen LogP contribution in [0.5, 0.6) is 0 Å². The first-order valence-corrected chi connectivity index (χ1v) is 8.23. The smallest absolute Gasteiger partial charge is 0.307 e. The predicted molar refractivity (Wildman–Crippen MR) is 84.4 cm³/mol. The molecule has 2 aromatic rings. The molecule has 0 aliphatic carbocycles. The number of furan rings is 1. The fourth-order valence-corrected chi connectivity index (χ4v) is 3.41. The van der Waals surface area contributed by atoms with Crippen LogP contribution < -0.4 is 4.87 Å². The average Bonchev–Trinajstić information content (AvgIpc) is 3.17. The molecule has 1 saturated heterocycles. The van der Waals surface area contributed by atoms with Crippen molar-refractivity contribution in [3.63, 3.8) is 0 Å². The molecule has 6 nitrogen and oxygen atoms in total. The van der Waals surface area contributed by atoms with Crippen molar-refractivity contribution in [3.8, 4) is 0 Å². The molecule has 0 atom stereocenters. The minimum absolute atomic E-state index is 0.0467. The Bertz CT molecular complexity index is 681. The van der Waals surface area contributed by atoms with Gasteiger partial charge in [-0.3, -0.25) is 14.5 Å². The molecule has 7 heteroatoms. The van der Waals surface area contributed by atoms with Gasteiger partial charge in [-0.25, -0.2) is 0 Å². The normalized spacial score (nSPS) is 16.1. The van der Waals surface area contributed by atoms with E-state index in [2.05, 4.69) is 4.90 Å². The highest BCUT2D eigenvalue weighted by atomic mass is 32.1. The number of piperazine rings is 1. The Morgan fingerprint density at radius 2 is 2.05 bits per heavy atom. The maximum atomic E-state index is 12.2. The van der Waals surface area contributed by atoms with Crippen LogP contribution in [-0.2, 0) is 6.54 Å². The summed E-state index contributed by atoms with van der Waals surface area (Å²) in [6.45, 7) is 6.53. The van der Waals surface area contributed by atoms with E-state index in [0.717, 1.165) is 25.3 Å². The topological polar surface area (TPSA) is 58.7 Å². The summed E-state index contributed by atoms with van der Waals surface area (Å²) in [5, 5.41) is 1.89. The molecule has 0 saturated carbocycles. The number of amides is 1. The number of carbonyl (C=O) groups is 1. The fourth-order valence-electron chi connectivity index (χ4n) is 2.65. The molecular formula is C15H19N3O3S. The van der Waals surface area contributed by atoms with Crippen LogP contribution >= 0.6 is 11.3 Å². The second kappa shape index (κ2) is 6.50. The van der Waals surface area contributed by atoms with Crippen molar-refractivity contribution >= 4 is 17.2 Å². The molecule has 3 rings (SSSR count). The van der Waals surface area contributed by atoms with E-state index in [1.54, 1.807) is 12.1 Å². The van der Waals surface area contributed by atoms with E-state index < -0.39 is 0 Å². The van der Waals surface area contributed by atoms with Gasteiger partial charge in [0.2, 0.25) is 0 Å². The fraction of sp³-hybridized carbons (Fsp3) is 0.467. The highest BCUT2D eigenvalue weighted by molar-refractivity contribution is 7.07. The summed E-state index contributed by atoms with van der Waals surface area (Å²) >= 11 is 1.25. The molecule has 22 heavy (non-hydrogen) atoms. The second-order valence-corrected chi connectivity index (χ2v) is 6.23. The van der Waals surface area contributed by atoms with Gasteiger partial charge in [-0.2, -0.15) is 0 Å². The average molecular weight is 321 g/mol. The maximum absolute atomic E-state index is 12.2. The van der Waals surface area contributed by atoms with Crippen molar-refractivity contribution in [3.05, 3.63) is 44.9 Å². The summed E-state index contributed by atoms with van der Waals surface area (Å²) in [5.41, 5.74) is 1.02. The molecule has 0 aromatic carbocycles. The Kier molecular flexibility index (Phi) is 4.44. The van der Waals surface area contributed by atoms with Crippen LogP contribution in [0.25, 0.3) is 0 Å². The van der Waals surface area contributed by atoms with Crippen LogP contribution in [0.15, 0.2) is 33.0 Å². The number of aromatic nitrogens is 1. The summed E-state index contributed by atoms with van der Waals surface area (Å²) in [6, 6.07) is 3.42. The Hall–Kier alpha value is -1.86. The van der Waals surface area contributed by atoms with E-state index in [9.17, 15) is 9.59 Å². The van der Waals surface area contributed by atoms with Gasteiger partial charge in [0.15, 0.2) is 5.76 Å². The van der Waals surface area contributed by atoms with Crippen molar-refractivity contribution in [2.75, 3.05) is 32.7 Å². The van der Waals surface area contributed by atoms with Gasteiger partial charge in [0.05, 0.1) is 6.26 Å². The van der Waals surface area contributed by atoms with E-state index in [4.69, 9.17) is 4.42 Å². The van der Waals surface area contributed by atoms with Crippen molar-refractivity contribution in [2.24, 2.45) is 0 Å². The van der Waals surface area contributed by atoms with E-state index in [1.165, 1.54) is 17.6 Å². The van der Waals surface area contributed by atoms with Crippen LogP contribution in [0.1, 0.15) is 16.2 Å². The predicted octanol–water partition coefficient (Wildman–Crippen LogP) is 1.27. The molecule has 0 unspecified atom stereocenters. The molecule has 0 spiro atoms. The lowest BCUT2D eigenvalue weighted by atomic mass is 10.3. The molecule has 1 amide bonds. The van der Waals surface area contributed by atoms with Gasteiger partial charge >= 0.3 is 4.87 Å². The third-order valence-electron chi connectivity index (χ3n) is 4.01. The quantitative estimate of drug-likeness (QED) is 0.851. The lowest BCUT2D eigenvalue weighted by molar-refractivity contribution is 0.0602. The van der Waals surface area contributed by atoms with Crippen LogP contribution in [0.2, 0.25) is 0 Å². The van der Waals surface area contributed by atoms with Gasteiger partial charge in [-0.15, -0.1) is 0 Å². The highest BCUT2D eigenvalue weighted by Gasteiger charge is 2.23. The minimum atomic E-state index is -0.0467. The van der Waals surface area contributed by atoms with Crippen LogP contribution in [-0.4, -0.2) is 53.0 Å². The van der Waals surface area contributed by atoms with Crippen LogP contribution in [0.4, 0.5) is 0 Å². The van der Waals surface area contributed by atoms with E-state index in [-0.39, 0.29) is 10.8 Å². The lowest BCUT2D eigenvalue weighted by Gasteiger charge is -2.34. The number of thiazole rings is 1. The van der Waals surface area contributed by atoms with Gasteiger partial charge in [-0.05, 0) is 19.1 Å². The first kappa shape index (κ1) is 15.1. The zero-order valence-corrected chi connectivity index (χ0v) is 13.3. The van der Waals surface area contributed by atoms with Gasteiger partial charge in [0, 0.05) is 50.3 Å². The number of rotatable bonds is 4. The third kappa shape index (κ3) is 3.15. The molecule has 0 radical (unpaired) electrons. The SMILES string of the molecule is Cc1csc(=O)n1CCN1CCN(C(=O)c2ccco2)CC1. The minimum Gasteiger partial charge on any atom is -0.459 e. The lowest BCUT2D eigenvalue weighted by Crippen LogP contribution is -2.49. The molecule has 2 aromatic heterocycles. The number of hydrogen-bond acceptors (Lipinski definition) is 5. The Balaban J connectivity index is 1.50.